The number of carbonyl (C=O) groups excluding carboxylic acids is 2. The third kappa shape index (κ3) is 4.36. The van der Waals surface area contributed by atoms with Crippen molar-refractivity contribution in [2.75, 3.05) is 25.0 Å². The number of hydrogen-bond acceptors (Lipinski definition) is 4. The lowest BCUT2D eigenvalue weighted by atomic mass is 10.0. The largest absolute Gasteiger partial charge is 0.341 e. The van der Waals surface area contributed by atoms with E-state index in [0.717, 1.165) is 23.7 Å². The summed E-state index contributed by atoms with van der Waals surface area (Å²) in [5.74, 6) is -2.00. The Morgan fingerprint density at radius 1 is 1.03 bits per heavy atom. The highest BCUT2D eigenvalue weighted by Crippen LogP contribution is 2.32. The van der Waals surface area contributed by atoms with E-state index in [-0.39, 0.29) is 30.1 Å². The summed E-state index contributed by atoms with van der Waals surface area (Å²) in [6, 6.07) is 11.8. The number of benzene rings is 2. The molecule has 10 heteroatoms. The lowest BCUT2D eigenvalue weighted by Gasteiger charge is -2.38. The highest BCUT2D eigenvalue weighted by Gasteiger charge is 2.31. The number of likely N-dealkylation sites (tertiary alicyclic amines) is 1. The molecule has 0 unspecified atom stereocenters. The topological polar surface area (TPSA) is 83.4 Å². The van der Waals surface area contributed by atoms with E-state index in [2.05, 4.69) is 15.3 Å². The van der Waals surface area contributed by atoms with Crippen LogP contribution in [0.1, 0.15) is 18.4 Å². The number of carbonyl (C=O) groups is 2. The molecule has 8 nitrogen and oxygen atoms in total. The van der Waals surface area contributed by atoms with E-state index in [1.54, 1.807) is 21.9 Å². The number of para-hydroxylation sites is 1. The Bertz CT molecular complexity index is 1530. The Morgan fingerprint density at radius 2 is 1.84 bits per heavy atom. The molecule has 0 saturated carbocycles. The van der Waals surface area contributed by atoms with E-state index in [9.17, 15) is 18.4 Å². The smallest absolute Gasteiger partial charge is 0.322 e. The fraction of sp³-hybridized carbons (Fsp3) is 0.286. The molecule has 194 valence electrons. The molecule has 0 atom stereocenters. The standard InChI is InChI=1S/C28H26F2N6O2/c29-23-6-3-5-20(26(23)30)22-15-35(27-21(22)14-31-17-32-27)16-25(37)34-11-9-19(10-12-34)36-13-8-18-4-1-2-7-24(18)33-28(36)38/h1-7,14-15,17,19H,8-13,16H2,(H,33,38). The second-order valence-electron chi connectivity index (χ2n) is 9.67. The van der Waals surface area contributed by atoms with Gasteiger partial charge in [0.15, 0.2) is 11.6 Å². The zero-order valence-electron chi connectivity index (χ0n) is 20.6. The van der Waals surface area contributed by atoms with Crippen molar-refractivity contribution in [3.63, 3.8) is 0 Å². The minimum atomic E-state index is -0.954. The first kappa shape index (κ1) is 24.0. The number of amides is 3. The Kier molecular flexibility index (Phi) is 6.22. The number of rotatable bonds is 4. The van der Waals surface area contributed by atoms with E-state index < -0.39 is 11.6 Å². The molecule has 0 bridgehead atoms. The van der Waals surface area contributed by atoms with E-state index in [1.165, 1.54) is 18.5 Å². The minimum absolute atomic E-state index is 0.00856. The van der Waals surface area contributed by atoms with Crippen molar-refractivity contribution in [3.8, 4) is 11.1 Å². The predicted octanol–water partition coefficient (Wildman–Crippen LogP) is 4.46. The summed E-state index contributed by atoms with van der Waals surface area (Å²) in [7, 11) is 0. The van der Waals surface area contributed by atoms with Gasteiger partial charge in [-0.3, -0.25) is 4.79 Å². The Hall–Kier alpha value is -4.34. The van der Waals surface area contributed by atoms with Crippen molar-refractivity contribution in [1.82, 2.24) is 24.3 Å². The van der Waals surface area contributed by atoms with Gasteiger partial charge in [0.1, 0.15) is 18.5 Å². The average molecular weight is 517 g/mol. The molecule has 1 N–H and O–H groups in total. The van der Waals surface area contributed by atoms with Gasteiger partial charge in [0.2, 0.25) is 5.91 Å². The van der Waals surface area contributed by atoms with Crippen LogP contribution < -0.4 is 5.32 Å². The Balaban J connectivity index is 1.15. The van der Waals surface area contributed by atoms with Crippen LogP contribution in [0.2, 0.25) is 0 Å². The van der Waals surface area contributed by atoms with Crippen LogP contribution in [0.4, 0.5) is 19.3 Å². The maximum absolute atomic E-state index is 14.6. The normalized spacial score (nSPS) is 16.3. The van der Waals surface area contributed by atoms with Crippen molar-refractivity contribution in [2.24, 2.45) is 0 Å². The van der Waals surface area contributed by atoms with Gasteiger partial charge in [0.05, 0.1) is 0 Å². The SMILES string of the molecule is O=C(Cn1cc(-c2cccc(F)c2F)c2cncnc21)N1CCC(N2CCc3ccccc3NC2=O)CC1. The summed E-state index contributed by atoms with van der Waals surface area (Å²) in [6.45, 7) is 1.70. The molecule has 0 radical (unpaired) electrons. The van der Waals surface area contributed by atoms with Gasteiger partial charge in [-0.1, -0.05) is 30.3 Å². The van der Waals surface area contributed by atoms with Gasteiger partial charge in [-0.05, 0) is 37.0 Å². The van der Waals surface area contributed by atoms with Crippen LogP contribution in [-0.2, 0) is 17.8 Å². The van der Waals surface area contributed by atoms with Gasteiger partial charge in [-0.15, -0.1) is 0 Å². The molecule has 3 amide bonds. The maximum atomic E-state index is 14.6. The van der Waals surface area contributed by atoms with Crippen LogP contribution in [0.5, 0.6) is 0 Å². The fourth-order valence-electron chi connectivity index (χ4n) is 5.49. The van der Waals surface area contributed by atoms with Crippen LogP contribution in [0, 0.1) is 11.6 Å². The molecule has 38 heavy (non-hydrogen) atoms. The van der Waals surface area contributed by atoms with Crippen LogP contribution in [-0.4, -0.2) is 61.9 Å². The molecule has 0 aliphatic carbocycles. The van der Waals surface area contributed by atoms with E-state index >= 15 is 0 Å². The molecule has 1 fully saturated rings. The number of hydrogen-bond donors (Lipinski definition) is 1. The second-order valence-corrected chi connectivity index (χ2v) is 9.67. The molecule has 4 aromatic rings. The van der Waals surface area contributed by atoms with Gasteiger partial charge in [-0.25, -0.2) is 23.5 Å². The zero-order valence-corrected chi connectivity index (χ0v) is 20.6. The maximum Gasteiger partial charge on any atom is 0.322 e. The molecule has 2 aliphatic heterocycles. The quantitative estimate of drug-likeness (QED) is 0.434. The zero-order chi connectivity index (χ0) is 26.2. The van der Waals surface area contributed by atoms with Crippen LogP contribution in [0.15, 0.2) is 61.2 Å². The Labute approximate surface area is 217 Å². The highest BCUT2D eigenvalue weighted by atomic mass is 19.2. The minimum Gasteiger partial charge on any atom is -0.341 e. The van der Waals surface area contributed by atoms with Crippen LogP contribution >= 0.6 is 0 Å². The summed E-state index contributed by atoms with van der Waals surface area (Å²) in [5, 5.41) is 3.56. The Morgan fingerprint density at radius 3 is 2.68 bits per heavy atom. The van der Waals surface area contributed by atoms with E-state index in [1.807, 2.05) is 29.2 Å². The predicted molar refractivity (Wildman–Crippen MR) is 138 cm³/mol. The fourth-order valence-corrected chi connectivity index (χ4v) is 5.49. The third-order valence-electron chi connectivity index (χ3n) is 7.49. The highest BCUT2D eigenvalue weighted by molar-refractivity contribution is 5.94. The number of nitrogens with one attached hydrogen (secondary N) is 1. The summed E-state index contributed by atoms with van der Waals surface area (Å²) >= 11 is 0. The first-order chi connectivity index (χ1) is 18.5. The summed E-state index contributed by atoms with van der Waals surface area (Å²) < 4.78 is 30.1. The third-order valence-corrected chi connectivity index (χ3v) is 7.49. The van der Waals surface area contributed by atoms with Gasteiger partial charge in [0.25, 0.3) is 0 Å². The molecule has 2 aromatic carbocycles. The molecule has 1 saturated heterocycles. The summed E-state index contributed by atoms with van der Waals surface area (Å²) in [4.78, 5) is 38.2. The van der Waals surface area contributed by atoms with Crippen molar-refractivity contribution in [3.05, 3.63) is 78.4 Å². The van der Waals surface area contributed by atoms with Gasteiger partial charge in [-0.2, -0.15) is 0 Å². The molecule has 2 aliphatic rings. The number of aromatic nitrogens is 3. The molecule has 2 aromatic heterocycles. The van der Waals surface area contributed by atoms with Crippen molar-refractivity contribution in [1.29, 1.82) is 0 Å². The van der Waals surface area contributed by atoms with Crippen LogP contribution in [0.3, 0.4) is 0 Å². The number of halogens is 2. The molecular weight excluding hydrogens is 490 g/mol. The van der Waals surface area contributed by atoms with Crippen molar-refractivity contribution in [2.45, 2.75) is 31.8 Å². The van der Waals surface area contributed by atoms with Crippen LogP contribution in [0.25, 0.3) is 22.2 Å². The second kappa shape index (κ2) is 9.85. The average Bonchev–Trinajstić information content (AvgIpc) is 3.19. The van der Waals surface area contributed by atoms with Gasteiger partial charge in [0, 0.05) is 60.3 Å². The number of piperidine rings is 1. The summed E-state index contributed by atoms with van der Waals surface area (Å²) in [6.07, 6.45) is 6.68. The summed E-state index contributed by atoms with van der Waals surface area (Å²) in [5.41, 5.74) is 2.97. The molecule has 6 rings (SSSR count). The number of fused-ring (bicyclic) bond motifs is 2. The number of urea groups is 1. The first-order valence-corrected chi connectivity index (χ1v) is 12.7. The van der Waals surface area contributed by atoms with E-state index in [4.69, 9.17) is 0 Å². The number of nitrogens with zero attached hydrogens (tertiary/aromatic N) is 5. The lowest BCUT2D eigenvalue weighted by Crippen LogP contribution is -2.50. The van der Waals surface area contributed by atoms with E-state index in [0.29, 0.717) is 49.1 Å². The lowest BCUT2D eigenvalue weighted by molar-refractivity contribution is -0.133. The van der Waals surface area contributed by atoms with Crippen molar-refractivity contribution < 1.29 is 18.4 Å². The molecule has 0 spiro atoms. The molecular formula is C28H26F2N6O2. The van der Waals surface area contributed by atoms with Crippen molar-refractivity contribution >= 4 is 28.7 Å². The molecule has 4 heterocycles. The van der Waals surface area contributed by atoms with Gasteiger partial charge >= 0.3 is 6.03 Å². The van der Waals surface area contributed by atoms with Gasteiger partial charge < -0.3 is 19.7 Å². The first-order valence-electron chi connectivity index (χ1n) is 12.7. The monoisotopic (exact) mass is 516 g/mol. The number of anilines is 1.